The minimum absolute atomic E-state index is 0.393. The van der Waals surface area contributed by atoms with Crippen LogP contribution in [0.25, 0.3) is 0 Å². The first kappa shape index (κ1) is 11.4. The van der Waals surface area contributed by atoms with Crippen molar-refractivity contribution in [2.24, 2.45) is 0 Å². The molecule has 1 fully saturated rings. The number of rotatable bonds is 3. The Morgan fingerprint density at radius 1 is 1.33 bits per heavy atom. The fraction of sp³-hybridized carbons (Fsp3) is 0.429. The van der Waals surface area contributed by atoms with Gasteiger partial charge < -0.3 is 9.84 Å². The van der Waals surface area contributed by atoms with Gasteiger partial charge in [-0.2, -0.15) is 4.98 Å². The predicted octanol–water partition coefficient (Wildman–Crippen LogP) is 2.05. The van der Waals surface area contributed by atoms with Gasteiger partial charge in [0.2, 0.25) is 5.89 Å². The Bertz CT molecular complexity index is 512. The van der Waals surface area contributed by atoms with Crippen molar-refractivity contribution >= 4 is 0 Å². The zero-order valence-electron chi connectivity index (χ0n) is 10.5. The van der Waals surface area contributed by atoms with Crippen LogP contribution in [-0.2, 0) is 6.42 Å². The standard InChI is InChI=1S/C14H17N3O/c1-10-2-4-11(5-3-10)8-13-16-14(18-17-13)12-6-7-15-9-12/h2-5,12,15H,6-9H2,1H3. The van der Waals surface area contributed by atoms with Gasteiger partial charge in [-0.25, -0.2) is 0 Å². The zero-order chi connectivity index (χ0) is 12.4. The first-order valence-corrected chi connectivity index (χ1v) is 6.40. The fourth-order valence-electron chi connectivity index (χ4n) is 2.26. The summed E-state index contributed by atoms with van der Waals surface area (Å²) in [5, 5.41) is 7.37. The predicted molar refractivity (Wildman–Crippen MR) is 68.5 cm³/mol. The molecule has 1 atom stereocenters. The molecule has 0 aliphatic carbocycles. The molecular weight excluding hydrogens is 226 g/mol. The molecule has 1 N–H and O–H groups in total. The summed E-state index contributed by atoms with van der Waals surface area (Å²) < 4.78 is 5.34. The summed E-state index contributed by atoms with van der Waals surface area (Å²) in [6, 6.07) is 8.44. The number of nitrogens with zero attached hydrogens (tertiary/aromatic N) is 2. The Hall–Kier alpha value is -1.68. The Morgan fingerprint density at radius 2 is 2.17 bits per heavy atom. The van der Waals surface area contributed by atoms with Gasteiger partial charge in [0, 0.05) is 13.0 Å². The van der Waals surface area contributed by atoms with Crippen molar-refractivity contribution in [1.29, 1.82) is 0 Å². The number of hydrogen-bond acceptors (Lipinski definition) is 4. The second kappa shape index (κ2) is 4.90. The van der Waals surface area contributed by atoms with Gasteiger partial charge >= 0.3 is 0 Å². The van der Waals surface area contributed by atoms with Crippen LogP contribution in [0.5, 0.6) is 0 Å². The maximum atomic E-state index is 5.34. The number of aromatic nitrogens is 2. The van der Waals surface area contributed by atoms with E-state index < -0.39 is 0 Å². The van der Waals surface area contributed by atoms with Crippen LogP contribution in [0.3, 0.4) is 0 Å². The molecule has 1 aromatic heterocycles. The third-order valence-corrected chi connectivity index (χ3v) is 3.38. The lowest BCUT2D eigenvalue weighted by molar-refractivity contribution is 0.355. The Kier molecular flexibility index (Phi) is 3.11. The third-order valence-electron chi connectivity index (χ3n) is 3.38. The minimum Gasteiger partial charge on any atom is -0.339 e. The molecular formula is C14H17N3O. The molecule has 0 radical (unpaired) electrons. The molecule has 1 aromatic carbocycles. The summed E-state index contributed by atoms with van der Waals surface area (Å²) in [6.07, 6.45) is 1.83. The summed E-state index contributed by atoms with van der Waals surface area (Å²) in [6.45, 7) is 4.08. The molecule has 2 heterocycles. The van der Waals surface area contributed by atoms with Crippen molar-refractivity contribution < 1.29 is 4.52 Å². The number of hydrogen-bond donors (Lipinski definition) is 1. The molecule has 1 aliphatic heterocycles. The molecule has 94 valence electrons. The first-order valence-electron chi connectivity index (χ1n) is 6.40. The quantitative estimate of drug-likeness (QED) is 0.896. The van der Waals surface area contributed by atoms with Crippen molar-refractivity contribution in [2.75, 3.05) is 13.1 Å². The summed E-state index contributed by atoms with van der Waals surface area (Å²) in [4.78, 5) is 4.49. The molecule has 1 unspecified atom stereocenters. The van der Waals surface area contributed by atoms with E-state index >= 15 is 0 Å². The van der Waals surface area contributed by atoms with Gasteiger partial charge in [-0.3, -0.25) is 0 Å². The molecule has 1 saturated heterocycles. The smallest absolute Gasteiger partial charge is 0.231 e. The first-order chi connectivity index (χ1) is 8.81. The van der Waals surface area contributed by atoms with E-state index in [0.29, 0.717) is 5.92 Å². The van der Waals surface area contributed by atoms with Gasteiger partial charge in [-0.15, -0.1) is 0 Å². The van der Waals surface area contributed by atoms with Crippen LogP contribution in [0, 0.1) is 6.92 Å². The lowest BCUT2D eigenvalue weighted by Crippen LogP contribution is -2.08. The van der Waals surface area contributed by atoms with E-state index in [4.69, 9.17) is 4.52 Å². The molecule has 4 heteroatoms. The van der Waals surface area contributed by atoms with Crippen molar-refractivity contribution in [3.8, 4) is 0 Å². The van der Waals surface area contributed by atoms with Crippen molar-refractivity contribution in [3.63, 3.8) is 0 Å². The van der Waals surface area contributed by atoms with Crippen molar-refractivity contribution in [1.82, 2.24) is 15.5 Å². The van der Waals surface area contributed by atoms with Crippen molar-refractivity contribution in [2.45, 2.75) is 25.7 Å². The van der Waals surface area contributed by atoms with Crippen LogP contribution in [-0.4, -0.2) is 23.2 Å². The highest BCUT2D eigenvalue weighted by molar-refractivity contribution is 5.23. The highest BCUT2D eigenvalue weighted by Gasteiger charge is 2.22. The number of benzene rings is 1. The van der Waals surface area contributed by atoms with Crippen LogP contribution in [0.4, 0.5) is 0 Å². The van der Waals surface area contributed by atoms with Gasteiger partial charge in [0.15, 0.2) is 5.82 Å². The normalized spacial score (nSPS) is 19.3. The maximum absolute atomic E-state index is 5.34. The highest BCUT2D eigenvalue weighted by atomic mass is 16.5. The molecule has 1 aliphatic rings. The van der Waals surface area contributed by atoms with Gasteiger partial charge in [-0.05, 0) is 25.5 Å². The van der Waals surface area contributed by atoms with E-state index in [0.717, 1.165) is 37.6 Å². The Labute approximate surface area is 106 Å². The monoisotopic (exact) mass is 243 g/mol. The number of aryl methyl sites for hydroxylation is 1. The van der Waals surface area contributed by atoms with Crippen LogP contribution in [0.2, 0.25) is 0 Å². The average Bonchev–Trinajstić information content (AvgIpc) is 3.02. The SMILES string of the molecule is Cc1ccc(Cc2noc(C3CCNC3)n2)cc1. The molecule has 2 aromatic rings. The van der Waals surface area contributed by atoms with E-state index in [1.54, 1.807) is 0 Å². The van der Waals surface area contributed by atoms with Crippen LogP contribution >= 0.6 is 0 Å². The molecule has 4 nitrogen and oxygen atoms in total. The summed E-state index contributed by atoms with van der Waals surface area (Å²) in [7, 11) is 0. The fourth-order valence-corrected chi connectivity index (χ4v) is 2.26. The van der Waals surface area contributed by atoms with E-state index in [-0.39, 0.29) is 0 Å². The molecule has 18 heavy (non-hydrogen) atoms. The lowest BCUT2D eigenvalue weighted by atomic mass is 10.1. The molecule has 0 amide bonds. The van der Waals surface area contributed by atoms with Crippen molar-refractivity contribution in [3.05, 3.63) is 47.1 Å². The minimum atomic E-state index is 0.393. The largest absolute Gasteiger partial charge is 0.339 e. The van der Waals surface area contributed by atoms with Gasteiger partial charge in [-0.1, -0.05) is 35.0 Å². The molecule has 0 spiro atoms. The maximum Gasteiger partial charge on any atom is 0.231 e. The second-order valence-corrected chi connectivity index (χ2v) is 4.90. The zero-order valence-corrected chi connectivity index (χ0v) is 10.5. The summed E-state index contributed by atoms with van der Waals surface area (Å²) in [5.74, 6) is 1.95. The molecule has 0 bridgehead atoms. The van der Waals surface area contributed by atoms with E-state index in [1.807, 2.05) is 0 Å². The van der Waals surface area contributed by atoms with Gasteiger partial charge in [0.1, 0.15) is 0 Å². The topological polar surface area (TPSA) is 51.0 Å². The number of nitrogens with one attached hydrogen (secondary N) is 1. The Morgan fingerprint density at radius 3 is 2.89 bits per heavy atom. The van der Waals surface area contributed by atoms with Gasteiger partial charge in [0.05, 0.1) is 5.92 Å². The summed E-state index contributed by atoms with van der Waals surface area (Å²) in [5.41, 5.74) is 2.49. The van der Waals surface area contributed by atoms with E-state index in [9.17, 15) is 0 Å². The van der Waals surface area contributed by atoms with E-state index in [1.165, 1.54) is 11.1 Å². The summed E-state index contributed by atoms with van der Waals surface area (Å²) >= 11 is 0. The van der Waals surface area contributed by atoms with Crippen LogP contribution in [0.15, 0.2) is 28.8 Å². The second-order valence-electron chi connectivity index (χ2n) is 4.90. The van der Waals surface area contributed by atoms with Crippen LogP contribution < -0.4 is 5.32 Å². The molecule has 0 saturated carbocycles. The third kappa shape index (κ3) is 2.43. The average molecular weight is 243 g/mol. The lowest BCUT2D eigenvalue weighted by Gasteiger charge is -1.99. The van der Waals surface area contributed by atoms with E-state index in [2.05, 4.69) is 46.6 Å². The van der Waals surface area contributed by atoms with Crippen LogP contribution in [0.1, 0.15) is 35.2 Å². The highest BCUT2D eigenvalue weighted by Crippen LogP contribution is 2.20. The Balaban J connectivity index is 1.71. The van der Waals surface area contributed by atoms with Gasteiger partial charge in [0.25, 0.3) is 0 Å². The molecule has 3 rings (SSSR count).